The van der Waals surface area contributed by atoms with Crippen molar-refractivity contribution in [2.75, 3.05) is 0 Å². The van der Waals surface area contributed by atoms with Crippen molar-refractivity contribution in [3.8, 4) is 11.5 Å². The van der Waals surface area contributed by atoms with Gasteiger partial charge in [-0.3, -0.25) is 0 Å². The first-order valence-corrected chi connectivity index (χ1v) is 4.41. The molecule has 72 valence electrons. The summed E-state index contributed by atoms with van der Waals surface area (Å²) in [5.74, 6) is 1.11. The summed E-state index contributed by atoms with van der Waals surface area (Å²) in [5, 5.41) is 3.82. The SMILES string of the molecule is Cc1cc(C)nc(-c2noc(C)n2)c1. The Labute approximate surface area is 82.0 Å². The predicted molar refractivity (Wildman–Crippen MR) is 51.7 cm³/mol. The molecule has 0 aromatic carbocycles. The van der Waals surface area contributed by atoms with Crippen LogP contribution in [0.3, 0.4) is 0 Å². The van der Waals surface area contributed by atoms with Gasteiger partial charge >= 0.3 is 0 Å². The number of nitrogens with zero attached hydrogens (tertiary/aromatic N) is 3. The van der Waals surface area contributed by atoms with E-state index < -0.39 is 0 Å². The van der Waals surface area contributed by atoms with Crippen LogP contribution in [0.1, 0.15) is 17.1 Å². The zero-order chi connectivity index (χ0) is 10.1. The number of aryl methyl sites for hydroxylation is 3. The number of aromatic nitrogens is 3. The maximum atomic E-state index is 4.90. The molecule has 0 unspecified atom stereocenters. The van der Waals surface area contributed by atoms with Crippen LogP contribution in [0.2, 0.25) is 0 Å². The summed E-state index contributed by atoms with van der Waals surface area (Å²) in [5.41, 5.74) is 2.87. The highest BCUT2D eigenvalue weighted by Gasteiger charge is 2.07. The summed E-state index contributed by atoms with van der Waals surface area (Å²) in [6.07, 6.45) is 0. The predicted octanol–water partition coefficient (Wildman–Crippen LogP) is 2.06. The van der Waals surface area contributed by atoms with Crippen molar-refractivity contribution in [2.45, 2.75) is 20.8 Å². The van der Waals surface area contributed by atoms with Crippen LogP contribution in [-0.2, 0) is 0 Å². The Bertz CT molecular complexity index is 442. The summed E-state index contributed by atoms with van der Waals surface area (Å²) in [6.45, 7) is 5.73. The second kappa shape index (κ2) is 3.21. The van der Waals surface area contributed by atoms with E-state index in [1.165, 1.54) is 0 Å². The lowest BCUT2D eigenvalue weighted by Gasteiger charge is -1.98. The van der Waals surface area contributed by atoms with Gasteiger partial charge in [0.1, 0.15) is 5.69 Å². The Morgan fingerprint density at radius 2 is 1.86 bits per heavy atom. The minimum Gasteiger partial charge on any atom is -0.339 e. The van der Waals surface area contributed by atoms with Gasteiger partial charge in [0.05, 0.1) is 0 Å². The molecule has 0 spiro atoms. The Hall–Kier alpha value is -1.71. The van der Waals surface area contributed by atoms with Crippen molar-refractivity contribution in [2.24, 2.45) is 0 Å². The van der Waals surface area contributed by atoms with Gasteiger partial charge in [0.25, 0.3) is 0 Å². The zero-order valence-electron chi connectivity index (χ0n) is 8.40. The largest absolute Gasteiger partial charge is 0.339 e. The van der Waals surface area contributed by atoms with Gasteiger partial charge in [-0.15, -0.1) is 0 Å². The lowest BCUT2D eigenvalue weighted by molar-refractivity contribution is 0.394. The van der Waals surface area contributed by atoms with Gasteiger partial charge < -0.3 is 4.52 Å². The van der Waals surface area contributed by atoms with E-state index in [0.29, 0.717) is 11.7 Å². The van der Waals surface area contributed by atoms with E-state index in [4.69, 9.17) is 4.52 Å². The highest BCUT2D eigenvalue weighted by Crippen LogP contribution is 2.15. The van der Waals surface area contributed by atoms with Crippen LogP contribution in [0.25, 0.3) is 11.5 Å². The van der Waals surface area contributed by atoms with Crippen molar-refractivity contribution in [3.63, 3.8) is 0 Å². The molecule has 0 N–H and O–H groups in total. The van der Waals surface area contributed by atoms with Gasteiger partial charge in [-0.25, -0.2) is 4.98 Å². The summed E-state index contributed by atoms with van der Waals surface area (Å²) in [6, 6.07) is 3.95. The van der Waals surface area contributed by atoms with Crippen molar-refractivity contribution in [1.82, 2.24) is 15.1 Å². The first-order chi connectivity index (χ1) is 6.65. The van der Waals surface area contributed by atoms with Crippen molar-refractivity contribution >= 4 is 0 Å². The van der Waals surface area contributed by atoms with Crippen LogP contribution in [0.15, 0.2) is 16.7 Å². The maximum absolute atomic E-state index is 4.90. The van der Waals surface area contributed by atoms with Gasteiger partial charge in [0.2, 0.25) is 11.7 Å². The molecule has 4 heteroatoms. The second-order valence-corrected chi connectivity index (χ2v) is 3.31. The van der Waals surface area contributed by atoms with E-state index in [9.17, 15) is 0 Å². The number of pyridine rings is 1. The smallest absolute Gasteiger partial charge is 0.223 e. The minimum atomic E-state index is 0.550. The molecule has 0 aliphatic carbocycles. The highest BCUT2D eigenvalue weighted by molar-refractivity contribution is 5.49. The van der Waals surface area contributed by atoms with Crippen LogP contribution in [0, 0.1) is 20.8 Å². The third-order valence-corrected chi connectivity index (χ3v) is 1.85. The molecule has 0 aliphatic rings. The Balaban J connectivity index is 2.51. The van der Waals surface area contributed by atoms with Gasteiger partial charge in [0.15, 0.2) is 0 Å². The Morgan fingerprint density at radius 3 is 2.43 bits per heavy atom. The molecule has 0 atom stereocenters. The van der Waals surface area contributed by atoms with Crippen LogP contribution >= 0.6 is 0 Å². The van der Waals surface area contributed by atoms with E-state index in [-0.39, 0.29) is 0 Å². The van der Waals surface area contributed by atoms with Crippen LogP contribution in [0.4, 0.5) is 0 Å². The molecule has 4 nitrogen and oxygen atoms in total. The fourth-order valence-corrected chi connectivity index (χ4v) is 1.36. The molecular formula is C10H11N3O. The van der Waals surface area contributed by atoms with Crippen LogP contribution in [-0.4, -0.2) is 15.1 Å². The quantitative estimate of drug-likeness (QED) is 0.689. The molecular weight excluding hydrogens is 178 g/mol. The molecule has 0 amide bonds. The van der Waals surface area contributed by atoms with E-state index in [0.717, 1.165) is 17.0 Å². The number of rotatable bonds is 1. The Morgan fingerprint density at radius 1 is 1.07 bits per heavy atom. The molecule has 14 heavy (non-hydrogen) atoms. The van der Waals surface area contributed by atoms with Crippen LogP contribution in [0.5, 0.6) is 0 Å². The first kappa shape index (κ1) is 8.87. The molecule has 0 saturated heterocycles. The molecule has 2 aromatic rings. The normalized spacial score (nSPS) is 10.5. The Kier molecular flexibility index (Phi) is 2.04. The molecule has 0 bridgehead atoms. The minimum absolute atomic E-state index is 0.550. The van der Waals surface area contributed by atoms with Gasteiger partial charge in [-0.2, -0.15) is 4.98 Å². The van der Waals surface area contributed by atoms with E-state index in [2.05, 4.69) is 15.1 Å². The molecule has 2 heterocycles. The maximum Gasteiger partial charge on any atom is 0.223 e. The van der Waals surface area contributed by atoms with E-state index >= 15 is 0 Å². The molecule has 0 fully saturated rings. The molecule has 0 radical (unpaired) electrons. The van der Waals surface area contributed by atoms with Gasteiger partial charge in [-0.05, 0) is 31.5 Å². The molecule has 0 aliphatic heterocycles. The lowest BCUT2D eigenvalue weighted by Crippen LogP contribution is -1.90. The fourth-order valence-electron chi connectivity index (χ4n) is 1.36. The third kappa shape index (κ3) is 1.64. The highest BCUT2D eigenvalue weighted by atomic mass is 16.5. The average molecular weight is 189 g/mol. The van der Waals surface area contributed by atoms with Crippen molar-refractivity contribution in [1.29, 1.82) is 0 Å². The van der Waals surface area contributed by atoms with Crippen molar-refractivity contribution < 1.29 is 4.52 Å². The zero-order valence-corrected chi connectivity index (χ0v) is 8.40. The van der Waals surface area contributed by atoms with Gasteiger partial charge in [-0.1, -0.05) is 5.16 Å². The standard InChI is InChI=1S/C10H11N3O/c1-6-4-7(2)11-9(5-6)10-12-8(3)14-13-10/h4-5H,1-3H3. The molecule has 2 rings (SSSR count). The number of hydrogen-bond acceptors (Lipinski definition) is 4. The topological polar surface area (TPSA) is 51.8 Å². The van der Waals surface area contributed by atoms with Crippen molar-refractivity contribution in [3.05, 3.63) is 29.3 Å². The summed E-state index contributed by atoms with van der Waals surface area (Å²) in [4.78, 5) is 8.46. The molecule has 0 saturated carbocycles. The average Bonchev–Trinajstić information content (AvgIpc) is 2.50. The van der Waals surface area contributed by atoms with Gasteiger partial charge in [0, 0.05) is 12.6 Å². The van der Waals surface area contributed by atoms with Crippen LogP contribution < -0.4 is 0 Å². The molecule has 2 aromatic heterocycles. The van der Waals surface area contributed by atoms with E-state index in [1.807, 2.05) is 26.0 Å². The fraction of sp³-hybridized carbons (Fsp3) is 0.300. The summed E-state index contributed by atoms with van der Waals surface area (Å²) >= 11 is 0. The van der Waals surface area contributed by atoms with E-state index in [1.54, 1.807) is 6.92 Å². The first-order valence-electron chi connectivity index (χ1n) is 4.41. The summed E-state index contributed by atoms with van der Waals surface area (Å²) < 4.78 is 4.90. The third-order valence-electron chi connectivity index (χ3n) is 1.85. The second-order valence-electron chi connectivity index (χ2n) is 3.31. The monoisotopic (exact) mass is 189 g/mol. The lowest BCUT2D eigenvalue weighted by atomic mass is 10.2. The summed E-state index contributed by atoms with van der Waals surface area (Å²) in [7, 11) is 0. The number of hydrogen-bond donors (Lipinski definition) is 0.